The van der Waals surface area contributed by atoms with E-state index < -0.39 is 12.1 Å². The van der Waals surface area contributed by atoms with Crippen molar-refractivity contribution >= 4 is 5.97 Å². The molecule has 2 rings (SSSR count). The summed E-state index contributed by atoms with van der Waals surface area (Å²) in [5, 5.41) is 0. The maximum absolute atomic E-state index is 11.8. The van der Waals surface area contributed by atoms with Crippen LogP contribution in [0.5, 0.6) is 0 Å². The van der Waals surface area contributed by atoms with Crippen molar-refractivity contribution in [1.82, 2.24) is 0 Å². The molecular weight excluding hydrogens is 272 g/mol. The van der Waals surface area contributed by atoms with Gasteiger partial charge in [-0.25, -0.2) is 4.79 Å². The Hall–Kier alpha value is -1.43. The Morgan fingerprint density at radius 1 is 1.24 bits per heavy atom. The van der Waals surface area contributed by atoms with E-state index in [1.165, 1.54) is 14.2 Å². The normalized spacial score (nSPS) is 19.0. The molecular formula is C16H22O5. The Labute approximate surface area is 125 Å². The van der Waals surface area contributed by atoms with Crippen LogP contribution < -0.4 is 0 Å². The van der Waals surface area contributed by atoms with Gasteiger partial charge in [0, 0.05) is 40.3 Å². The molecule has 0 bridgehead atoms. The zero-order chi connectivity index (χ0) is 15.3. The molecule has 1 fully saturated rings. The van der Waals surface area contributed by atoms with E-state index in [2.05, 4.69) is 0 Å². The fourth-order valence-corrected chi connectivity index (χ4v) is 2.77. The van der Waals surface area contributed by atoms with Gasteiger partial charge in [-0.1, -0.05) is 18.2 Å². The summed E-state index contributed by atoms with van der Waals surface area (Å²) in [5.74, 6) is -0.409. The molecule has 0 aromatic heterocycles. The van der Waals surface area contributed by atoms with Crippen LogP contribution in [-0.4, -0.2) is 40.5 Å². The predicted molar refractivity (Wildman–Crippen MR) is 76.9 cm³/mol. The van der Waals surface area contributed by atoms with E-state index in [9.17, 15) is 4.79 Å². The maximum atomic E-state index is 11.8. The summed E-state index contributed by atoms with van der Waals surface area (Å²) in [5.41, 5.74) is 1.45. The number of esters is 1. The highest BCUT2D eigenvalue weighted by molar-refractivity contribution is 5.76. The topological polar surface area (TPSA) is 54.0 Å². The quantitative estimate of drug-likeness (QED) is 0.779. The van der Waals surface area contributed by atoms with E-state index in [1.54, 1.807) is 7.11 Å². The fraction of sp³-hybridized carbons (Fsp3) is 0.562. The molecule has 1 heterocycles. The van der Waals surface area contributed by atoms with Crippen molar-refractivity contribution in [3.05, 3.63) is 35.4 Å². The zero-order valence-corrected chi connectivity index (χ0v) is 12.8. The Morgan fingerprint density at radius 3 is 2.52 bits per heavy atom. The molecule has 5 nitrogen and oxygen atoms in total. The largest absolute Gasteiger partial charge is 0.467 e. The van der Waals surface area contributed by atoms with Gasteiger partial charge in [-0.05, 0) is 17.2 Å². The van der Waals surface area contributed by atoms with Gasteiger partial charge in [0.2, 0.25) is 0 Å². The van der Waals surface area contributed by atoms with Gasteiger partial charge in [0.25, 0.3) is 0 Å². The smallest absolute Gasteiger partial charge is 0.339 e. The van der Waals surface area contributed by atoms with Gasteiger partial charge in [-0.3, -0.25) is 0 Å². The lowest BCUT2D eigenvalue weighted by atomic mass is 9.85. The van der Waals surface area contributed by atoms with Crippen LogP contribution in [-0.2, 0) is 29.3 Å². The van der Waals surface area contributed by atoms with E-state index >= 15 is 0 Å². The first-order valence-corrected chi connectivity index (χ1v) is 7.01. The third-order valence-electron chi connectivity index (χ3n) is 4.06. The molecule has 5 heteroatoms. The van der Waals surface area contributed by atoms with Crippen LogP contribution in [0.15, 0.2) is 24.3 Å². The number of hydrogen-bond acceptors (Lipinski definition) is 5. The van der Waals surface area contributed by atoms with Gasteiger partial charge in [0.1, 0.15) is 0 Å². The maximum Gasteiger partial charge on any atom is 0.339 e. The predicted octanol–water partition coefficient (Wildman–Crippen LogP) is 2.20. The lowest BCUT2D eigenvalue weighted by Crippen LogP contribution is -2.35. The molecule has 1 saturated heterocycles. The van der Waals surface area contributed by atoms with Crippen LogP contribution in [0.4, 0.5) is 0 Å². The van der Waals surface area contributed by atoms with Crippen molar-refractivity contribution in [1.29, 1.82) is 0 Å². The summed E-state index contributed by atoms with van der Waals surface area (Å²) < 4.78 is 21.2. The number of benzene rings is 1. The van der Waals surface area contributed by atoms with Crippen LogP contribution in [0.3, 0.4) is 0 Å². The summed E-state index contributed by atoms with van der Waals surface area (Å²) in [6.45, 7) is 1.34. The Morgan fingerprint density at radius 2 is 1.95 bits per heavy atom. The van der Waals surface area contributed by atoms with Crippen molar-refractivity contribution in [3.63, 3.8) is 0 Å². The highest BCUT2D eigenvalue weighted by atomic mass is 16.6. The number of carbonyl (C=O) groups excluding carboxylic acids is 1. The molecule has 1 atom stereocenters. The van der Waals surface area contributed by atoms with Crippen LogP contribution in [0.2, 0.25) is 0 Å². The lowest BCUT2D eigenvalue weighted by Gasteiger charge is -2.36. The molecule has 1 aliphatic rings. The number of rotatable bonds is 5. The first-order valence-electron chi connectivity index (χ1n) is 7.01. The van der Waals surface area contributed by atoms with Gasteiger partial charge < -0.3 is 18.9 Å². The van der Waals surface area contributed by atoms with Gasteiger partial charge in [-0.15, -0.1) is 0 Å². The molecule has 1 aromatic rings. The molecule has 0 amide bonds. The Bertz CT molecular complexity index is 479. The number of ether oxygens (including phenoxy) is 4. The second kappa shape index (κ2) is 7.02. The fourth-order valence-electron chi connectivity index (χ4n) is 2.77. The van der Waals surface area contributed by atoms with Crippen molar-refractivity contribution < 1.29 is 23.7 Å². The lowest BCUT2D eigenvalue weighted by molar-refractivity contribution is -0.152. The van der Waals surface area contributed by atoms with Gasteiger partial charge >= 0.3 is 5.97 Å². The van der Waals surface area contributed by atoms with E-state index in [4.69, 9.17) is 18.9 Å². The molecule has 0 aliphatic carbocycles. The molecule has 1 unspecified atom stereocenters. The minimum atomic E-state index is -0.719. The molecule has 1 aromatic carbocycles. The summed E-state index contributed by atoms with van der Waals surface area (Å²) in [4.78, 5) is 11.8. The van der Waals surface area contributed by atoms with Crippen molar-refractivity contribution in [2.75, 3.05) is 34.5 Å². The van der Waals surface area contributed by atoms with E-state index in [0.717, 1.165) is 24.0 Å². The average molecular weight is 294 g/mol. The van der Waals surface area contributed by atoms with Crippen LogP contribution in [0, 0.1) is 0 Å². The summed E-state index contributed by atoms with van der Waals surface area (Å²) in [6, 6.07) is 7.75. The third kappa shape index (κ3) is 3.26. The molecule has 0 spiro atoms. The minimum Gasteiger partial charge on any atom is -0.467 e. The van der Waals surface area contributed by atoms with Gasteiger partial charge in [-0.2, -0.15) is 0 Å². The van der Waals surface area contributed by atoms with Crippen LogP contribution >= 0.6 is 0 Å². The number of carbonyl (C=O) groups is 1. The van der Waals surface area contributed by atoms with Gasteiger partial charge in [0.15, 0.2) is 6.10 Å². The SMILES string of the molecule is COC(=O)C(OC)c1cccc(C2(OC)CCOCC2)c1. The molecule has 0 saturated carbocycles. The standard InChI is InChI=1S/C16H22O5/c1-18-14(15(17)19-2)12-5-4-6-13(11-12)16(20-3)7-9-21-10-8-16/h4-6,11,14H,7-10H2,1-3H3. The highest BCUT2D eigenvalue weighted by Gasteiger charge is 2.35. The Balaban J connectivity index is 2.33. The molecule has 0 radical (unpaired) electrons. The highest BCUT2D eigenvalue weighted by Crippen LogP contribution is 2.36. The number of methoxy groups -OCH3 is 3. The van der Waals surface area contributed by atoms with E-state index in [0.29, 0.717) is 13.2 Å². The summed E-state index contributed by atoms with van der Waals surface area (Å²) in [6.07, 6.45) is 0.870. The minimum absolute atomic E-state index is 0.358. The first-order chi connectivity index (χ1) is 10.2. The van der Waals surface area contributed by atoms with E-state index in [-0.39, 0.29) is 5.60 Å². The Kier molecular flexibility index (Phi) is 5.33. The van der Waals surface area contributed by atoms with Crippen molar-refractivity contribution in [2.45, 2.75) is 24.5 Å². The van der Waals surface area contributed by atoms with Crippen LogP contribution in [0.25, 0.3) is 0 Å². The average Bonchev–Trinajstić information content (AvgIpc) is 2.56. The van der Waals surface area contributed by atoms with Gasteiger partial charge in [0.05, 0.1) is 12.7 Å². The molecule has 116 valence electrons. The first kappa shape index (κ1) is 15.9. The summed E-state index contributed by atoms with van der Waals surface area (Å²) in [7, 11) is 4.56. The second-order valence-electron chi connectivity index (χ2n) is 5.08. The molecule has 21 heavy (non-hydrogen) atoms. The third-order valence-corrected chi connectivity index (χ3v) is 4.06. The van der Waals surface area contributed by atoms with E-state index in [1.807, 2.05) is 24.3 Å². The second-order valence-corrected chi connectivity index (χ2v) is 5.08. The number of hydrogen-bond donors (Lipinski definition) is 0. The molecule has 1 aliphatic heterocycles. The summed E-state index contributed by atoms with van der Waals surface area (Å²) >= 11 is 0. The zero-order valence-electron chi connectivity index (χ0n) is 12.8. The van der Waals surface area contributed by atoms with Crippen molar-refractivity contribution in [3.8, 4) is 0 Å². The van der Waals surface area contributed by atoms with Crippen LogP contribution in [0.1, 0.15) is 30.1 Å². The molecule has 0 N–H and O–H groups in total. The van der Waals surface area contributed by atoms with Crippen molar-refractivity contribution in [2.24, 2.45) is 0 Å². The monoisotopic (exact) mass is 294 g/mol.